The van der Waals surface area contributed by atoms with Gasteiger partial charge in [0.2, 0.25) is 5.95 Å². The molecule has 0 unspecified atom stereocenters. The first-order valence-corrected chi connectivity index (χ1v) is 4.71. The number of rotatable bonds is 2. The van der Waals surface area contributed by atoms with E-state index >= 15 is 0 Å². The molecule has 0 radical (unpaired) electrons. The third kappa shape index (κ3) is 2.34. The van der Waals surface area contributed by atoms with Gasteiger partial charge in [-0.05, 0) is 24.6 Å². The summed E-state index contributed by atoms with van der Waals surface area (Å²) in [5.41, 5.74) is 0.777. The fourth-order valence-electron chi connectivity index (χ4n) is 1.26. The highest BCUT2D eigenvalue weighted by Gasteiger charge is 2.04. The molecule has 0 N–H and O–H groups in total. The molecule has 0 atom stereocenters. The van der Waals surface area contributed by atoms with Gasteiger partial charge in [-0.1, -0.05) is 6.07 Å². The van der Waals surface area contributed by atoms with Crippen molar-refractivity contribution in [1.82, 2.24) is 4.98 Å². The van der Waals surface area contributed by atoms with Gasteiger partial charge in [-0.25, -0.2) is 9.37 Å². The van der Waals surface area contributed by atoms with Crippen molar-refractivity contribution < 1.29 is 13.5 Å². The quantitative estimate of drug-likeness (QED) is 0.724. The van der Waals surface area contributed by atoms with Crippen LogP contribution in [0.25, 0.3) is 0 Å². The molecule has 0 spiro atoms. The highest BCUT2D eigenvalue weighted by Crippen LogP contribution is 2.25. The van der Waals surface area contributed by atoms with Crippen LogP contribution < -0.4 is 4.74 Å². The highest BCUT2D eigenvalue weighted by atomic mass is 19.1. The molecule has 82 valence electrons. The number of hydrogen-bond acceptors (Lipinski definition) is 2. The summed E-state index contributed by atoms with van der Waals surface area (Å²) in [5.74, 6) is -0.367. The van der Waals surface area contributed by atoms with E-state index in [-0.39, 0.29) is 0 Å². The van der Waals surface area contributed by atoms with Crippen LogP contribution in [-0.4, -0.2) is 4.98 Å². The minimum Gasteiger partial charge on any atom is -0.457 e. The van der Waals surface area contributed by atoms with Gasteiger partial charge >= 0.3 is 0 Å². The molecule has 0 aliphatic heterocycles. The van der Waals surface area contributed by atoms with Crippen molar-refractivity contribution in [3.05, 3.63) is 53.9 Å². The number of pyridine rings is 1. The molecule has 2 rings (SSSR count). The van der Waals surface area contributed by atoms with Gasteiger partial charge in [0.1, 0.15) is 17.3 Å². The zero-order valence-electron chi connectivity index (χ0n) is 8.58. The third-order valence-electron chi connectivity index (χ3n) is 2.08. The van der Waals surface area contributed by atoms with Crippen molar-refractivity contribution in [2.24, 2.45) is 0 Å². The smallest absolute Gasteiger partial charge is 0.216 e. The number of aryl methyl sites for hydroxylation is 1. The fourth-order valence-corrected chi connectivity index (χ4v) is 1.26. The van der Waals surface area contributed by atoms with E-state index in [1.807, 2.05) is 0 Å². The van der Waals surface area contributed by atoms with Crippen LogP contribution >= 0.6 is 0 Å². The summed E-state index contributed by atoms with van der Waals surface area (Å²) in [4.78, 5) is 3.40. The van der Waals surface area contributed by atoms with Crippen LogP contribution in [-0.2, 0) is 0 Å². The summed E-state index contributed by atoms with van der Waals surface area (Å²) in [7, 11) is 0. The van der Waals surface area contributed by atoms with E-state index in [9.17, 15) is 8.78 Å². The van der Waals surface area contributed by atoms with Crippen molar-refractivity contribution in [1.29, 1.82) is 0 Å². The Bertz CT molecular complexity index is 514. The largest absolute Gasteiger partial charge is 0.457 e. The van der Waals surface area contributed by atoms with E-state index in [1.165, 1.54) is 24.4 Å². The number of nitrogens with zero attached hydrogens (tertiary/aromatic N) is 1. The van der Waals surface area contributed by atoms with E-state index in [4.69, 9.17) is 4.74 Å². The molecular formula is C12H9F2NO. The molecule has 0 fully saturated rings. The first kappa shape index (κ1) is 10.5. The van der Waals surface area contributed by atoms with Crippen LogP contribution in [0.2, 0.25) is 0 Å². The number of ether oxygens (including phenoxy) is 1. The minimum absolute atomic E-state index is 0.293. The molecular weight excluding hydrogens is 212 g/mol. The second kappa shape index (κ2) is 4.26. The van der Waals surface area contributed by atoms with E-state index in [2.05, 4.69) is 4.98 Å². The standard InChI is InChI=1S/C12H9F2NO/c1-8-2-3-9(13)6-11(8)16-10-4-5-15-12(14)7-10/h2-7H,1H3. The summed E-state index contributed by atoms with van der Waals surface area (Å²) < 4.78 is 31.1. The average Bonchev–Trinajstić information content (AvgIpc) is 2.24. The Kier molecular flexibility index (Phi) is 2.81. The van der Waals surface area contributed by atoms with Crippen LogP contribution in [0, 0.1) is 18.7 Å². The topological polar surface area (TPSA) is 22.1 Å². The van der Waals surface area contributed by atoms with Crippen molar-refractivity contribution in [3.8, 4) is 11.5 Å². The zero-order valence-corrected chi connectivity index (χ0v) is 8.58. The Morgan fingerprint density at radius 1 is 1.12 bits per heavy atom. The molecule has 0 aliphatic carbocycles. The fraction of sp³-hybridized carbons (Fsp3) is 0.0833. The Morgan fingerprint density at radius 2 is 1.94 bits per heavy atom. The number of hydrogen-bond donors (Lipinski definition) is 0. The van der Waals surface area contributed by atoms with Gasteiger partial charge in [-0.2, -0.15) is 4.39 Å². The van der Waals surface area contributed by atoms with Gasteiger partial charge in [0.25, 0.3) is 0 Å². The van der Waals surface area contributed by atoms with Crippen molar-refractivity contribution >= 4 is 0 Å². The Labute approximate surface area is 91.5 Å². The van der Waals surface area contributed by atoms with E-state index in [0.29, 0.717) is 11.5 Å². The lowest BCUT2D eigenvalue weighted by molar-refractivity contribution is 0.464. The SMILES string of the molecule is Cc1ccc(F)cc1Oc1ccnc(F)c1. The number of benzene rings is 1. The first-order chi connectivity index (χ1) is 7.65. The minimum atomic E-state index is -0.633. The molecule has 0 bridgehead atoms. The van der Waals surface area contributed by atoms with E-state index < -0.39 is 11.8 Å². The van der Waals surface area contributed by atoms with Crippen LogP contribution in [0.3, 0.4) is 0 Å². The Hall–Kier alpha value is -1.97. The monoisotopic (exact) mass is 221 g/mol. The molecule has 4 heteroatoms. The lowest BCUT2D eigenvalue weighted by Gasteiger charge is -2.08. The van der Waals surface area contributed by atoms with Gasteiger partial charge in [0.15, 0.2) is 0 Å². The maximum Gasteiger partial charge on any atom is 0.216 e. The van der Waals surface area contributed by atoms with Gasteiger partial charge < -0.3 is 4.74 Å². The summed E-state index contributed by atoms with van der Waals surface area (Å²) in [6.45, 7) is 1.78. The van der Waals surface area contributed by atoms with Gasteiger partial charge in [-0.3, -0.25) is 0 Å². The average molecular weight is 221 g/mol. The van der Waals surface area contributed by atoms with Crippen LogP contribution in [0.4, 0.5) is 8.78 Å². The van der Waals surface area contributed by atoms with E-state index in [0.717, 1.165) is 11.6 Å². The summed E-state index contributed by atoms with van der Waals surface area (Å²) in [5, 5.41) is 0. The first-order valence-electron chi connectivity index (χ1n) is 4.71. The predicted molar refractivity (Wildman–Crippen MR) is 55.4 cm³/mol. The van der Waals surface area contributed by atoms with Crippen LogP contribution in [0.5, 0.6) is 11.5 Å². The summed E-state index contributed by atoms with van der Waals surface area (Å²) in [6, 6.07) is 6.85. The van der Waals surface area contributed by atoms with Crippen molar-refractivity contribution in [2.45, 2.75) is 6.92 Å². The van der Waals surface area contributed by atoms with Gasteiger partial charge in [0.05, 0.1) is 0 Å². The molecule has 16 heavy (non-hydrogen) atoms. The van der Waals surface area contributed by atoms with Crippen LogP contribution in [0.15, 0.2) is 36.5 Å². The Balaban J connectivity index is 2.30. The molecule has 0 saturated heterocycles. The molecule has 0 aliphatic rings. The predicted octanol–water partition coefficient (Wildman–Crippen LogP) is 3.46. The van der Waals surface area contributed by atoms with Gasteiger partial charge in [0, 0.05) is 18.3 Å². The maximum atomic E-state index is 13.0. The third-order valence-corrected chi connectivity index (χ3v) is 2.08. The van der Waals surface area contributed by atoms with E-state index in [1.54, 1.807) is 13.0 Å². The summed E-state index contributed by atoms with van der Waals surface area (Å²) in [6.07, 6.45) is 1.29. The van der Waals surface area contributed by atoms with Gasteiger partial charge in [-0.15, -0.1) is 0 Å². The van der Waals surface area contributed by atoms with Crippen molar-refractivity contribution in [2.75, 3.05) is 0 Å². The maximum absolute atomic E-state index is 13.0. The zero-order chi connectivity index (χ0) is 11.5. The highest BCUT2D eigenvalue weighted by molar-refractivity contribution is 5.36. The molecule has 2 aromatic rings. The number of aromatic nitrogens is 1. The second-order valence-electron chi connectivity index (χ2n) is 3.33. The normalized spacial score (nSPS) is 10.2. The summed E-state index contributed by atoms with van der Waals surface area (Å²) >= 11 is 0. The molecule has 1 aromatic heterocycles. The molecule has 1 heterocycles. The molecule has 2 nitrogen and oxygen atoms in total. The molecule has 1 aromatic carbocycles. The van der Waals surface area contributed by atoms with Crippen LogP contribution in [0.1, 0.15) is 5.56 Å². The Morgan fingerprint density at radius 3 is 2.69 bits per heavy atom. The molecule has 0 amide bonds. The second-order valence-corrected chi connectivity index (χ2v) is 3.33. The lowest BCUT2D eigenvalue weighted by Crippen LogP contribution is -1.90. The lowest BCUT2D eigenvalue weighted by atomic mass is 10.2. The molecule has 0 saturated carbocycles. The van der Waals surface area contributed by atoms with Crippen molar-refractivity contribution in [3.63, 3.8) is 0 Å². The number of halogens is 2.